The minimum atomic E-state index is -1.69. The molecule has 0 aromatic carbocycles. The third-order valence-electron chi connectivity index (χ3n) is 2.65. The van der Waals surface area contributed by atoms with Gasteiger partial charge in [0, 0.05) is 0 Å². The summed E-state index contributed by atoms with van der Waals surface area (Å²) in [5.74, 6) is 1.31. The summed E-state index contributed by atoms with van der Waals surface area (Å²) in [5.41, 5.74) is 0. The maximum atomic E-state index is 8.57. The van der Waals surface area contributed by atoms with Gasteiger partial charge in [0.2, 0.25) is 0 Å². The first kappa shape index (κ1) is 13.9. The van der Waals surface area contributed by atoms with Crippen LogP contribution in [0.4, 0.5) is 0 Å². The average Bonchev–Trinajstić information content (AvgIpc) is 1.95. The second-order valence-corrected chi connectivity index (χ2v) is 9.72. The highest BCUT2D eigenvalue weighted by Gasteiger charge is 2.36. The van der Waals surface area contributed by atoms with Gasteiger partial charge in [-0.15, -0.1) is 0 Å². The van der Waals surface area contributed by atoms with Crippen LogP contribution in [0.25, 0.3) is 0 Å². The van der Waals surface area contributed by atoms with Gasteiger partial charge in [-0.05, 0) is 18.1 Å². The monoisotopic (exact) mass is 216 g/mol. The van der Waals surface area contributed by atoms with Crippen LogP contribution in [-0.4, -0.2) is 32.1 Å². The average molecular weight is 216 g/mol. The molecule has 0 fully saturated rings. The molecule has 0 amide bonds. The molecule has 5 heteroatoms. The Kier molecular flexibility index (Phi) is 5.08. The van der Waals surface area contributed by atoms with Crippen LogP contribution in [0.15, 0.2) is 12.1 Å². The van der Waals surface area contributed by atoms with Crippen molar-refractivity contribution in [1.82, 2.24) is 0 Å². The zero-order chi connectivity index (χ0) is 11.4. The van der Waals surface area contributed by atoms with Crippen LogP contribution in [0.2, 0.25) is 18.1 Å². The quantitative estimate of drug-likeness (QED) is 0.701. The summed E-state index contributed by atoms with van der Waals surface area (Å²) < 4.78 is 5.77. The molecule has 0 rings (SSSR count). The largest absolute Gasteiger partial charge is 0.480 e. The van der Waals surface area contributed by atoms with Crippen LogP contribution >= 0.6 is 0 Å². The summed E-state index contributed by atoms with van der Waals surface area (Å²) in [4.78, 5) is 0. The topological polar surface area (TPSA) is 49.7 Å². The van der Waals surface area contributed by atoms with Gasteiger partial charge in [-0.3, -0.25) is 0 Å². The molecule has 0 aromatic rings. The molecule has 0 atom stereocenters. The van der Waals surface area contributed by atoms with Crippen LogP contribution in [0, 0.1) is 0 Å². The highest BCUT2D eigenvalue weighted by atomic mass is 28.4. The van der Waals surface area contributed by atoms with Crippen LogP contribution in [-0.2, 0) is 4.43 Å². The van der Waals surface area contributed by atoms with Crippen LogP contribution in [0.5, 0.6) is 0 Å². The fourth-order valence-electron chi connectivity index (χ4n) is 0.650. The predicted molar refractivity (Wildman–Crippen MR) is 62.5 cm³/mol. The summed E-state index contributed by atoms with van der Waals surface area (Å²) >= 11 is 0. The maximum absolute atomic E-state index is 8.57. The molecule has 14 heavy (non-hydrogen) atoms. The van der Waals surface area contributed by atoms with Gasteiger partial charge in [0.05, 0.1) is 6.61 Å². The van der Waals surface area contributed by atoms with Crippen molar-refractivity contribution in [2.75, 3.05) is 6.61 Å². The van der Waals surface area contributed by atoms with Crippen molar-refractivity contribution < 1.29 is 14.5 Å². The molecule has 0 aliphatic carbocycles. The standard InChI is InChI=1S/C9H21BO3Si/c1-9(2,3)14(4,5)13-8-6-7-10(11)12/h6-7,11-12H,8H2,1-5H3/b7-6+. The van der Waals surface area contributed by atoms with E-state index in [9.17, 15) is 0 Å². The lowest BCUT2D eigenvalue weighted by Crippen LogP contribution is -2.40. The first-order chi connectivity index (χ1) is 6.17. The summed E-state index contributed by atoms with van der Waals surface area (Å²) in [6.07, 6.45) is 1.64. The highest BCUT2D eigenvalue weighted by Crippen LogP contribution is 2.36. The minimum Gasteiger partial charge on any atom is -0.424 e. The van der Waals surface area contributed by atoms with Gasteiger partial charge in [-0.1, -0.05) is 32.8 Å². The lowest BCUT2D eigenvalue weighted by molar-refractivity contribution is 0.327. The molecule has 0 heterocycles. The van der Waals surface area contributed by atoms with E-state index in [1.165, 1.54) is 5.98 Å². The lowest BCUT2D eigenvalue weighted by Gasteiger charge is -2.35. The van der Waals surface area contributed by atoms with Gasteiger partial charge in [-0.2, -0.15) is 0 Å². The van der Waals surface area contributed by atoms with Crippen LogP contribution in [0.3, 0.4) is 0 Å². The van der Waals surface area contributed by atoms with Gasteiger partial charge in [-0.25, -0.2) is 0 Å². The van der Waals surface area contributed by atoms with Gasteiger partial charge in [0.25, 0.3) is 0 Å². The Morgan fingerprint density at radius 1 is 1.29 bits per heavy atom. The van der Waals surface area contributed by atoms with Gasteiger partial charge < -0.3 is 14.5 Å². The summed E-state index contributed by atoms with van der Waals surface area (Å²) in [6, 6.07) is 0. The lowest BCUT2D eigenvalue weighted by atomic mass is 9.92. The summed E-state index contributed by atoms with van der Waals surface area (Å²) in [6.45, 7) is 11.3. The molecule has 0 saturated carbocycles. The van der Waals surface area contributed by atoms with E-state index in [4.69, 9.17) is 14.5 Å². The molecule has 0 radical (unpaired) electrons. The first-order valence-electron chi connectivity index (χ1n) is 4.83. The minimum absolute atomic E-state index is 0.193. The van der Waals surface area contributed by atoms with E-state index >= 15 is 0 Å². The van der Waals surface area contributed by atoms with Gasteiger partial charge in [0.15, 0.2) is 8.32 Å². The molecule has 0 spiro atoms. The Hall–Kier alpha value is -0.0982. The van der Waals surface area contributed by atoms with Crippen molar-refractivity contribution >= 4 is 15.4 Å². The Bertz CT molecular complexity index is 197. The molecule has 0 aromatic heterocycles. The van der Waals surface area contributed by atoms with Crippen molar-refractivity contribution in [3.63, 3.8) is 0 Å². The molecule has 0 aliphatic heterocycles. The molecule has 0 saturated heterocycles. The maximum Gasteiger partial charge on any atom is 0.480 e. The Morgan fingerprint density at radius 3 is 2.14 bits per heavy atom. The summed E-state index contributed by atoms with van der Waals surface area (Å²) in [7, 11) is -3.07. The van der Waals surface area contributed by atoms with Crippen molar-refractivity contribution in [3.8, 4) is 0 Å². The second kappa shape index (κ2) is 5.12. The van der Waals surface area contributed by atoms with E-state index in [1.54, 1.807) is 6.08 Å². The second-order valence-electron chi connectivity index (χ2n) is 4.91. The fraction of sp³-hybridized carbons (Fsp3) is 0.778. The smallest absolute Gasteiger partial charge is 0.424 e. The first-order valence-corrected chi connectivity index (χ1v) is 7.74. The zero-order valence-corrected chi connectivity index (χ0v) is 10.7. The zero-order valence-electron chi connectivity index (χ0n) is 9.74. The van der Waals surface area contributed by atoms with Gasteiger partial charge in [0.1, 0.15) is 0 Å². The Balaban J connectivity index is 4.01. The van der Waals surface area contributed by atoms with Crippen molar-refractivity contribution in [1.29, 1.82) is 0 Å². The van der Waals surface area contributed by atoms with E-state index in [2.05, 4.69) is 33.9 Å². The predicted octanol–water partition coefficient (Wildman–Crippen LogP) is 1.58. The molecule has 0 unspecified atom stereocenters. The molecule has 3 nitrogen and oxygen atoms in total. The van der Waals surface area contributed by atoms with E-state index in [0.717, 1.165) is 0 Å². The molecular weight excluding hydrogens is 195 g/mol. The van der Waals surface area contributed by atoms with Crippen LogP contribution in [0.1, 0.15) is 20.8 Å². The van der Waals surface area contributed by atoms with E-state index in [0.29, 0.717) is 6.61 Å². The summed E-state index contributed by atoms with van der Waals surface area (Å²) in [5, 5.41) is 17.3. The molecule has 0 bridgehead atoms. The van der Waals surface area contributed by atoms with Crippen molar-refractivity contribution in [2.24, 2.45) is 0 Å². The molecule has 2 N–H and O–H groups in total. The van der Waals surface area contributed by atoms with Crippen molar-refractivity contribution in [2.45, 2.75) is 38.9 Å². The number of rotatable bonds is 4. The highest BCUT2D eigenvalue weighted by molar-refractivity contribution is 6.74. The Labute approximate surface area is 88.1 Å². The van der Waals surface area contributed by atoms with E-state index in [-0.39, 0.29) is 5.04 Å². The van der Waals surface area contributed by atoms with E-state index in [1.807, 2.05) is 0 Å². The number of hydrogen-bond donors (Lipinski definition) is 2. The third kappa shape index (κ3) is 4.95. The normalized spacial score (nSPS) is 13.6. The van der Waals surface area contributed by atoms with E-state index < -0.39 is 15.4 Å². The fourth-order valence-corrected chi connectivity index (χ4v) is 1.60. The SMILES string of the molecule is CC(C)(C)[Si](C)(C)OC/C=C/B(O)O. The number of hydrogen-bond acceptors (Lipinski definition) is 3. The molecular formula is C9H21BO3Si. The Morgan fingerprint density at radius 2 is 1.79 bits per heavy atom. The van der Waals surface area contributed by atoms with Gasteiger partial charge >= 0.3 is 7.12 Å². The molecule has 82 valence electrons. The molecule has 0 aliphatic rings. The third-order valence-corrected chi connectivity index (χ3v) is 7.16. The van der Waals surface area contributed by atoms with Crippen LogP contribution < -0.4 is 0 Å². The van der Waals surface area contributed by atoms with Crippen molar-refractivity contribution in [3.05, 3.63) is 12.1 Å².